The van der Waals surface area contributed by atoms with E-state index in [9.17, 15) is 4.79 Å². The van der Waals surface area contributed by atoms with Crippen LogP contribution in [0.4, 0.5) is 0 Å². The number of aromatic carboxylic acids is 1. The summed E-state index contributed by atoms with van der Waals surface area (Å²) in [6.07, 6.45) is 2.91. The summed E-state index contributed by atoms with van der Waals surface area (Å²) in [5.74, 6) is -0.980. The van der Waals surface area contributed by atoms with Crippen molar-refractivity contribution in [3.63, 3.8) is 0 Å². The minimum atomic E-state index is -0.980. The Kier molecular flexibility index (Phi) is 2.51. The van der Waals surface area contributed by atoms with Crippen LogP contribution in [0.1, 0.15) is 10.4 Å². The Morgan fingerprint density at radius 2 is 2.00 bits per heavy atom. The molecule has 0 aliphatic carbocycles. The lowest BCUT2D eigenvalue weighted by Crippen LogP contribution is -2.04. The van der Waals surface area contributed by atoms with E-state index in [1.165, 1.54) is 18.7 Å². The number of rotatable bonds is 2. The number of halogens is 1. The number of benzene rings is 1. The zero-order valence-corrected chi connectivity index (χ0v) is 9.05. The Labute approximate surface area is 93.5 Å². The van der Waals surface area contributed by atoms with E-state index < -0.39 is 5.97 Å². The van der Waals surface area contributed by atoms with Crippen molar-refractivity contribution in [2.45, 2.75) is 0 Å². The number of hydrogen-bond acceptors (Lipinski definition) is 3. The molecule has 0 aliphatic heterocycles. The topological polar surface area (TPSA) is 68.0 Å². The largest absolute Gasteiger partial charge is 0.478 e. The number of carboxylic acids is 1. The van der Waals surface area contributed by atoms with Crippen LogP contribution < -0.4 is 0 Å². The number of hydrogen-bond donors (Lipinski definition) is 1. The molecule has 5 nitrogen and oxygen atoms in total. The second-order valence-corrected chi connectivity index (χ2v) is 3.75. The molecular weight excluding hydrogens is 262 g/mol. The number of carbonyl (C=O) groups is 1. The van der Waals surface area contributed by atoms with Crippen LogP contribution >= 0.6 is 15.9 Å². The van der Waals surface area contributed by atoms with E-state index in [4.69, 9.17) is 5.11 Å². The van der Waals surface area contributed by atoms with Crippen LogP contribution in [-0.2, 0) is 0 Å². The quantitative estimate of drug-likeness (QED) is 0.900. The Morgan fingerprint density at radius 1 is 1.33 bits per heavy atom. The van der Waals surface area contributed by atoms with Crippen molar-refractivity contribution >= 4 is 21.9 Å². The fourth-order valence-corrected chi connectivity index (χ4v) is 1.57. The lowest BCUT2D eigenvalue weighted by Gasteiger charge is -2.06. The predicted molar refractivity (Wildman–Crippen MR) is 56.0 cm³/mol. The monoisotopic (exact) mass is 267 g/mol. The molecule has 1 heterocycles. The van der Waals surface area contributed by atoms with Gasteiger partial charge in [0.1, 0.15) is 12.7 Å². The first-order valence-corrected chi connectivity index (χ1v) is 4.85. The minimum absolute atomic E-state index is 0.206. The van der Waals surface area contributed by atoms with Crippen molar-refractivity contribution in [3.05, 3.63) is 40.9 Å². The van der Waals surface area contributed by atoms with Crippen molar-refractivity contribution < 1.29 is 9.90 Å². The van der Waals surface area contributed by atoms with E-state index >= 15 is 0 Å². The molecule has 0 saturated carbocycles. The third-order valence-corrected chi connectivity index (χ3v) is 2.38. The highest BCUT2D eigenvalue weighted by Crippen LogP contribution is 2.19. The highest BCUT2D eigenvalue weighted by molar-refractivity contribution is 9.10. The fourth-order valence-electron chi connectivity index (χ4n) is 1.22. The van der Waals surface area contributed by atoms with Gasteiger partial charge in [0.25, 0.3) is 0 Å². The maximum absolute atomic E-state index is 11.0. The van der Waals surface area contributed by atoms with Crippen LogP contribution in [0.25, 0.3) is 5.69 Å². The first kappa shape index (κ1) is 9.85. The maximum Gasteiger partial charge on any atom is 0.337 e. The molecule has 0 unspecified atom stereocenters. The van der Waals surface area contributed by atoms with Crippen LogP contribution in [0.3, 0.4) is 0 Å². The van der Waals surface area contributed by atoms with Crippen molar-refractivity contribution in [1.29, 1.82) is 0 Å². The predicted octanol–water partition coefficient (Wildman–Crippen LogP) is 1.73. The molecule has 2 rings (SSSR count). The minimum Gasteiger partial charge on any atom is -0.478 e. The third kappa shape index (κ3) is 1.89. The molecule has 0 amide bonds. The van der Waals surface area contributed by atoms with Gasteiger partial charge in [-0.25, -0.2) is 4.79 Å². The molecule has 2 aromatic rings. The molecule has 1 aromatic carbocycles. The average Bonchev–Trinajstić information content (AvgIpc) is 2.69. The highest BCUT2D eigenvalue weighted by Gasteiger charge is 2.11. The lowest BCUT2D eigenvalue weighted by molar-refractivity contribution is 0.0697. The molecule has 0 atom stereocenters. The molecule has 0 saturated heterocycles. The molecule has 0 radical (unpaired) electrons. The molecule has 6 heteroatoms. The van der Waals surface area contributed by atoms with E-state index in [0.717, 1.165) is 4.47 Å². The van der Waals surface area contributed by atoms with Crippen molar-refractivity contribution in [1.82, 2.24) is 14.8 Å². The van der Waals surface area contributed by atoms with Crippen LogP contribution in [0.15, 0.2) is 35.3 Å². The first-order chi connectivity index (χ1) is 7.18. The SMILES string of the molecule is O=C(O)c1ccc(Br)cc1-n1cnnc1. The molecule has 0 spiro atoms. The standard InChI is InChI=1S/C9H6BrN3O2/c10-6-1-2-7(9(14)15)8(3-6)13-4-11-12-5-13/h1-5H,(H,14,15). The van der Waals surface area contributed by atoms with Gasteiger partial charge in [0.15, 0.2) is 0 Å². The van der Waals surface area contributed by atoms with Crippen LogP contribution in [0.2, 0.25) is 0 Å². The molecule has 76 valence electrons. The zero-order chi connectivity index (χ0) is 10.8. The molecule has 1 aromatic heterocycles. The van der Waals surface area contributed by atoms with Gasteiger partial charge in [-0.2, -0.15) is 0 Å². The Bertz CT molecular complexity index is 496. The van der Waals surface area contributed by atoms with E-state index in [0.29, 0.717) is 5.69 Å². The average molecular weight is 268 g/mol. The van der Waals surface area contributed by atoms with Gasteiger partial charge in [0.2, 0.25) is 0 Å². The third-order valence-electron chi connectivity index (χ3n) is 1.89. The summed E-state index contributed by atoms with van der Waals surface area (Å²) in [6.45, 7) is 0. The van der Waals surface area contributed by atoms with Gasteiger partial charge in [0, 0.05) is 4.47 Å². The number of carboxylic acid groups (broad SMARTS) is 1. The van der Waals surface area contributed by atoms with Crippen molar-refractivity contribution in [2.75, 3.05) is 0 Å². The second-order valence-electron chi connectivity index (χ2n) is 2.84. The Morgan fingerprint density at radius 3 is 2.60 bits per heavy atom. The van der Waals surface area contributed by atoms with Crippen LogP contribution in [0.5, 0.6) is 0 Å². The van der Waals surface area contributed by atoms with E-state index in [-0.39, 0.29) is 5.56 Å². The van der Waals surface area contributed by atoms with Gasteiger partial charge in [0.05, 0.1) is 11.3 Å². The van der Waals surface area contributed by atoms with Crippen molar-refractivity contribution in [3.8, 4) is 5.69 Å². The van der Waals surface area contributed by atoms with Gasteiger partial charge in [-0.15, -0.1) is 10.2 Å². The first-order valence-electron chi connectivity index (χ1n) is 4.06. The van der Waals surface area contributed by atoms with Crippen LogP contribution in [0, 0.1) is 0 Å². The van der Waals surface area contributed by atoms with Crippen LogP contribution in [-0.4, -0.2) is 25.8 Å². The summed E-state index contributed by atoms with van der Waals surface area (Å²) in [4.78, 5) is 11.0. The summed E-state index contributed by atoms with van der Waals surface area (Å²) in [5, 5.41) is 16.3. The maximum atomic E-state index is 11.0. The number of nitrogens with zero attached hydrogens (tertiary/aromatic N) is 3. The summed E-state index contributed by atoms with van der Waals surface area (Å²) in [7, 11) is 0. The Hall–Kier alpha value is -1.69. The second kappa shape index (κ2) is 3.82. The molecular formula is C9H6BrN3O2. The summed E-state index contributed by atoms with van der Waals surface area (Å²) >= 11 is 3.28. The van der Waals surface area contributed by atoms with Gasteiger partial charge >= 0.3 is 5.97 Å². The summed E-state index contributed by atoms with van der Waals surface area (Å²) in [6, 6.07) is 4.91. The van der Waals surface area contributed by atoms with E-state index in [1.54, 1.807) is 16.7 Å². The van der Waals surface area contributed by atoms with E-state index in [1.807, 2.05) is 0 Å². The molecule has 0 fully saturated rings. The normalized spacial score (nSPS) is 10.2. The molecule has 1 N–H and O–H groups in total. The summed E-state index contributed by atoms with van der Waals surface area (Å²) < 4.78 is 2.35. The Balaban J connectivity index is 2.63. The van der Waals surface area contributed by atoms with E-state index in [2.05, 4.69) is 26.1 Å². The van der Waals surface area contributed by atoms with Gasteiger partial charge in [-0.1, -0.05) is 15.9 Å². The highest BCUT2D eigenvalue weighted by atomic mass is 79.9. The molecule has 0 bridgehead atoms. The summed E-state index contributed by atoms with van der Waals surface area (Å²) in [5.41, 5.74) is 0.736. The zero-order valence-electron chi connectivity index (χ0n) is 7.46. The number of aromatic nitrogens is 3. The lowest BCUT2D eigenvalue weighted by atomic mass is 10.2. The van der Waals surface area contributed by atoms with Gasteiger partial charge in [-0.3, -0.25) is 4.57 Å². The van der Waals surface area contributed by atoms with Gasteiger partial charge < -0.3 is 5.11 Å². The van der Waals surface area contributed by atoms with Gasteiger partial charge in [-0.05, 0) is 18.2 Å². The fraction of sp³-hybridized carbons (Fsp3) is 0. The van der Waals surface area contributed by atoms with Crippen molar-refractivity contribution in [2.24, 2.45) is 0 Å². The molecule has 15 heavy (non-hydrogen) atoms. The smallest absolute Gasteiger partial charge is 0.337 e. The molecule has 0 aliphatic rings.